The molecule has 33 heavy (non-hydrogen) atoms. The smallest absolute Gasteiger partial charge is 0.339 e. The minimum absolute atomic E-state index is 0.0670. The quantitative estimate of drug-likeness (QED) is 0.426. The highest BCUT2D eigenvalue weighted by Crippen LogP contribution is 2.22. The minimum atomic E-state index is -1.15. The largest absolute Gasteiger partial charge is 0.465 e. The lowest BCUT2D eigenvalue weighted by Gasteiger charge is -2.14. The van der Waals surface area contributed by atoms with Gasteiger partial charge in [0, 0.05) is 16.8 Å². The molecule has 0 saturated heterocycles. The summed E-state index contributed by atoms with van der Waals surface area (Å²) in [7, 11) is 1.26. The summed E-state index contributed by atoms with van der Waals surface area (Å²) in [4.78, 5) is 53.7. The van der Waals surface area contributed by atoms with Gasteiger partial charge in [-0.25, -0.2) is 9.59 Å². The molecule has 0 aliphatic heterocycles. The maximum Gasteiger partial charge on any atom is 0.339 e. The van der Waals surface area contributed by atoms with Crippen LogP contribution in [-0.4, -0.2) is 41.7 Å². The van der Waals surface area contributed by atoms with Crippen LogP contribution in [0.4, 0.5) is 0 Å². The number of aromatic amines is 1. The number of esters is 2. The summed E-state index contributed by atoms with van der Waals surface area (Å²) < 4.78 is 10.2. The molecule has 0 radical (unpaired) electrons. The Hall–Kier alpha value is -4.00. The van der Waals surface area contributed by atoms with Gasteiger partial charge < -0.3 is 14.5 Å². The molecule has 3 aromatic rings. The summed E-state index contributed by atoms with van der Waals surface area (Å²) >= 11 is 0. The SMILES string of the molecule is COC(=O)c1c(C)[nH]c(C(=O)C(C)OC(=O)c2ccccc2C(=O)c2ccc(C)cc2)c1C. The Balaban J connectivity index is 1.84. The molecule has 1 N–H and O–H groups in total. The summed E-state index contributed by atoms with van der Waals surface area (Å²) in [6.45, 7) is 6.63. The molecule has 0 amide bonds. The molecule has 1 unspecified atom stereocenters. The zero-order chi connectivity index (χ0) is 24.3. The normalized spacial score (nSPS) is 11.5. The monoisotopic (exact) mass is 447 g/mol. The van der Waals surface area contributed by atoms with Gasteiger partial charge in [-0.1, -0.05) is 48.0 Å². The molecule has 2 aromatic carbocycles. The summed E-state index contributed by atoms with van der Waals surface area (Å²) in [6, 6.07) is 13.3. The number of carbonyl (C=O) groups is 4. The van der Waals surface area contributed by atoms with E-state index in [0.717, 1.165) is 5.56 Å². The lowest BCUT2D eigenvalue weighted by atomic mass is 9.97. The summed E-state index contributed by atoms with van der Waals surface area (Å²) in [5.74, 6) is -2.17. The zero-order valence-corrected chi connectivity index (χ0v) is 19.1. The van der Waals surface area contributed by atoms with Crippen LogP contribution in [0.3, 0.4) is 0 Å². The van der Waals surface area contributed by atoms with Gasteiger partial charge in [-0.05, 0) is 39.3 Å². The van der Waals surface area contributed by atoms with Crippen molar-refractivity contribution >= 4 is 23.5 Å². The number of hydrogen-bond acceptors (Lipinski definition) is 6. The van der Waals surface area contributed by atoms with Crippen molar-refractivity contribution in [1.29, 1.82) is 0 Å². The Morgan fingerprint density at radius 1 is 0.848 bits per heavy atom. The second-order valence-electron chi connectivity index (χ2n) is 7.77. The second-order valence-corrected chi connectivity index (χ2v) is 7.77. The number of ketones is 2. The number of H-pyrrole nitrogens is 1. The van der Waals surface area contributed by atoms with Gasteiger partial charge in [0.05, 0.1) is 23.9 Å². The van der Waals surface area contributed by atoms with Crippen molar-refractivity contribution in [1.82, 2.24) is 4.98 Å². The zero-order valence-electron chi connectivity index (χ0n) is 19.1. The predicted octanol–water partition coefficient (Wildman–Crippen LogP) is 4.39. The topological polar surface area (TPSA) is 103 Å². The molecule has 1 heterocycles. The van der Waals surface area contributed by atoms with Crippen molar-refractivity contribution in [2.45, 2.75) is 33.8 Å². The van der Waals surface area contributed by atoms with Crippen LogP contribution in [0.5, 0.6) is 0 Å². The van der Waals surface area contributed by atoms with E-state index in [1.54, 1.807) is 44.2 Å². The number of carbonyl (C=O) groups excluding carboxylic acids is 4. The van der Waals surface area contributed by atoms with Gasteiger partial charge in [-0.15, -0.1) is 0 Å². The lowest BCUT2D eigenvalue weighted by molar-refractivity contribution is 0.0315. The molecule has 7 heteroatoms. The molecule has 0 saturated carbocycles. The Kier molecular flexibility index (Phi) is 6.92. The van der Waals surface area contributed by atoms with Crippen LogP contribution in [0.2, 0.25) is 0 Å². The van der Waals surface area contributed by atoms with Crippen molar-refractivity contribution < 1.29 is 28.7 Å². The summed E-state index contributed by atoms with van der Waals surface area (Å²) in [5.41, 5.74) is 3.04. The molecule has 0 aliphatic carbocycles. The Labute approximate surface area is 191 Å². The third-order valence-electron chi connectivity index (χ3n) is 5.43. The van der Waals surface area contributed by atoms with Crippen LogP contribution in [-0.2, 0) is 9.47 Å². The summed E-state index contributed by atoms with van der Waals surface area (Å²) in [5, 5.41) is 0. The number of rotatable bonds is 7. The Morgan fingerprint density at radius 3 is 2.06 bits per heavy atom. The van der Waals surface area contributed by atoms with Gasteiger partial charge >= 0.3 is 11.9 Å². The second kappa shape index (κ2) is 9.65. The molecular formula is C26H25NO6. The number of hydrogen-bond donors (Lipinski definition) is 1. The molecule has 1 aromatic heterocycles. The molecule has 0 spiro atoms. The standard InChI is InChI=1S/C26H25NO6/c1-14-10-12-18(13-11-14)24(29)19-8-6-7-9-20(19)25(30)33-17(4)23(28)22-15(2)21(16(3)27-22)26(31)32-5/h6-13,17,27H,1-5H3. The van der Waals surface area contributed by atoms with E-state index in [1.165, 1.54) is 20.1 Å². The maximum absolute atomic E-state index is 13.0. The third kappa shape index (κ3) is 4.77. The fourth-order valence-corrected chi connectivity index (χ4v) is 3.61. The minimum Gasteiger partial charge on any atom is -0.465 e. The van der Waals surface area contributed by atoms with Crippen molar-refractivity contribution in [3.63, 3.8) is 0 Å². The van der Waals surface area contributed by atoms with Gasteiger partial charge in [0.25, 0.3) is 0 Å². The number of ether oxygens (including phenoxy) is 2. The van der Waals surface area contributed by atoms with E-state index in [4.69, 9.17) is 9.47 Å². The number of nitrogens with one attached hydrogen (secondary N) is 1. The predicted molar refractivity (Wildman–Crippen MR) is 122 cm³/mol. The van der Waals surface area contributed by atoms with E-state index >= 15 is 0 Å². The molecule has 0 fully saturated rings. The van der Waals surface area contributed by atoms with Crippen molar-refractivity contribution in [3.05, 3.63) is 93.3 Å². The van der Waals surface area contributed by atoms with Gasteiger partial charge in [-0.3, -0.25) is 9.59 Å². The molecule has 170 valence electrons. The first-order chi connectivity index (χ1) is 15.6. The molecular weight excluding hydrogens is 422 g/mol. The van der Waals surface area contributed by atoms with E-state index < -0.39 is 23.8 Å². The number of aryl methyl sites for hydroxylation is 2. The summed E-state index contributed by atoms with van der Waals surface area (Å²) in [6.07, 6.45) is -1.15. The van der Waals surface area contributed by atoms with Crippen LogP contribution in [0.15, 0.2) is 48.5 Å². The van der Waals surface area contributed by atoms with Gasteiger partial charge in [-0.2, -0.15) is 0 Å². The highest BCUT2D eigenvalue weighted by molar-refractivity contribution is 6.14. The number of aromatic nitrogens is 1. The van der Waals surface area contributed by atoms with Crippen LogP contribution in [0, 0.1) is 20.8 Å². The van der Waals surface area contributed by atoms with Crippen LogP contribution in [0.1, 0.15) is 70.9 Å². The van der Waals surface area contributed by atoms with Gasteiger partial charge in [0.2, 0.25) is 5.78 Å². The van der Waals surface area contributed by atoms with Crippen molar-refractivity contribution in [2.75, 3.05) is 7.11 Å². The first-order valence-corrected chi connectivity index (χ1v) is 10.4. The van der Waals surface area contributed by atoms with E-state index in [2.05, 4.69) is 4.98 Å². The number of benzene rings is 2. The Bertz CT molecular complexity index is 1240. The Morgan fingerprint density at radius 2 is 1.45 bits per heavy atom. The van der Waals surface area contributed by atoms with E-state index in [-0.39, 0.29) is 28.2 Å². The maximum atomic E-state index is 13.0. The number of Topliss-reactive ketones (excluding diaryl/α,β-unsaturated/α-hetero) is 1. The van der Waals surface area contributed by atoms with E-state index in [0.29, 0.717) is 16.8 Å². The lowest BCUT2D eigenvalue weighted by Crippen LogP contribution is -2.26. The first kappa shape index (κ1) is 23.7. The van der Waals surface area contributed by atoms with Crippen LogP contribution in [0.25, 0.3) is 0 Å². The fraction of sp³-hybridized carbons (Fsp3) is 0.231. The number of methoxy groups -OCH3 is 1. The van der Waals surface area contributed by atoms with E-state index in [1.807, 2.05) is 19.1 Å². The fourth-order valence-electron chi connectivity index (χ4n) is 3.61. The van der Waals surface area contributed by atoms with Gasteiger partial charge in [0.15, 0.2) is 11.9 Å². The van der Waals surface area contributed by atoms with Crippen molar-refractivity contribution in [3.8, 4) is 0 Å². The van der Waals surface area contributed by atoms with Gasteiger partial charge in [0.1, 0.15) is 0 Å². The first-order valence-electron chi connectivity index (χ1n) is 10.4. The molecule has 3 rings (SSSR count). The third-order valence-corrected chi connectivity index (χ3v) is 5.43. The average Bonchev–Trinajstić information content (AvgIpc) is 3.11. The molecule has 1 atom stereocenters. The molecule has 0 aliphatic rings. The van der Waals surface area contributed by atoms with Crippen LogP contribution >= 0.6 is 0 Å². The highest BCUT2D eigenvalue weighted by atomic mass is 16.5. The highest BCUT2D eigenvalue weighted by Gasteiger charge is 2.28. The van der Waals surface area contributed by atoms with E-state index in [9.17, 15) is 19.2 Å². The molecule has 7 nitrogen and oxygen atoms in total. The molecule has 0 bridgehead atoms. The van der Waals surface area contributed by atoms with Crippen molar-refractivity contribution in [2.24, 2.45) is 0 Å². The van der Waals surface area contributed by atoms with Crippen LogP contribution < -0.4 is 0 Å². The average molecular weight is 447 g/mol.